The van der Waals surface area contributed by atoms with Gasteiger partial charge in [0.2, 0.25) is 0 Å². The highest BCUT2D eigenvalue weighted by atomic mass is 32.2. The minimum absolute atomic E-state index is 0.118. The van der Waals surface area contributed by atoms with Crippen molar-refractivity contribution in [1.29, 1.82) is 0 Å². The van der Waals surface area contributed by atoms with E-state index in [1.807, 2.05) is 0 Å². The predicted molar refractivity (Wildman–Crippen MR) is 48.0 cm³/mol. The van der Waals surface area contributed by atoms with Crippen LogP contribution in [0.5, 0.6) is 11.5 Å². The van der Waals surface area contributed by atoms with Crippen molar-refractivity contribution in [2.75, 3.05) is 6.26 Å². The Balaban J connectivity index is 3.35. The second-order valence-corrected chi connectivity index (χ2v) is 3.91. The van der Waals surface area contributed by atoms with Crippen LogP contribution in [0.15, 0.2) is 17.0 Å². The molecule has 1 aromatic carbocycles. The Labute approximate surface area is 77.9 Å². The number of rotatable bonds is 2. The maximum atomic E-state index is 11.0. The number of benzene rings is 1. The molecule has 72 valence electrons. The summed E-state index contributed by atoms with van der Waals surface area (Å²) in [6, 6.07) is 2.44. The molecule has 0 aliphatic rings. The van der Waals surface area contributed by atoms with Gasteiger partial charge in [-0.05, 0) is 12.1 Å². The average molecular weight is 202 g/mol. The van der Waals surface area contributed by atoms with Crippen molar-refractivity contribution < 1.29 is 19.5 Å². The smallest absolute Gasteiger partial charge is 0.137 e. The molecule has 1 unspecified atom stereocenters. The molecular formula is C8H10O4S. The van der Waals surface area contributed by atoms with Crippen LogP contribution < -0.4 is 0 Å². The van der Waals surface area contributed by atoms with Crippen LogP contribution in [-0.4, -0.2) is 25.8 Å². The van der Waals surface area contributed by atoms with Crippen LogP contribution in [-0.2, 0) is 17.4 Å². The van der Waals surface area contributed by atoms with Crippen molar-refractivity contribution in [3.8, 4) is 11.5 Å². The third kappa shape index (κ3) is 1.99. The van der Waals surface area contributed by atoms with Gasteiger partial charge in [-0.15, -0.1) is 0 Å². The zero-order valence-corrected chi connectivity index (χ0v) is 7.84. The maximum Gasteiger partial charge on any atom is 0.137 e. The lowest BCUT2D eigenvalue weighted by molar-refractivity contribution is 0.273. The number of hydrogen-bond acceptors (Lipinski definition) is 4. The Hall–Kier alpha value is -1.07. The number of aromatic hydroxyl groups is 2. The number of phenolic OH excluding ortho intramolecular Hbond substituents is 1. The molecule has 0 aromatic heterocycles. The van der Waals surface area contributed by atoms with Crippen LogP contribution in [0.1, 0.15) is 5.56 Å². The van der Waals surface area contributed by atoms with Gasteiger partial charge in [0.15, 0.2) is 0 Å². The van der Waals surface area contributed by atoms with Crippen molar-refractivity contribution in [2.24, 2.45) is 0 Å². The molecule has 0 fully saturated rings. The van der Waals surface area contributed by atoms with E-state index in [-0.39, 0.29) is 22.0 Å². The molecular weight excluding hydrogens is 192 g/mol. The molecule has 0 amide bonds. The Morgan fingerprint density at radius 1 is 1.38 bits per heavy atom. The number of aliphatic hydroxyl groups is 1. The van der Waals surface area contributed by atoms with E-state index in [1.54, 1.807) is 0 Å². The van der Waals surface area contributed by atoms with Gasteiger partial charge in [-0.1, -0.05) is 0 Å². The first-order chi connectivity index (χ1) is 6.06. The van der Waals surface area contributed by atoms with Crippen LogP contribution in [0, 0.1) is 0 Å². The summed E-state index contributed by atoms with van der Waals surface area (Å²) in [4.78, 5) is 0.129. The summed E-state index contributed by atoms with van der Waals surface area (Å²) in [5.41, 5.74) is 0.171. The van der Waals surface area contributed by atoms with Crippen molar-refractivity contribution in [3.05, 3.63) is 17.7 Å². The Kier molecular flexibility index (Phi) is 2.90. The van der Waals surface area contributed by atoms with E-state index in [2.05, 4.69) is 0 Å². The summed E-state index contributed by atoms with van der Waals surface area (Å²) in [6.45, 7) is -0.398. The van der Waals surface area contributed by atoms with Crippen LogP contribution in [0.4, 0.5) is 0 Å². The molecule has 0 heterocycles. The zero-order valence-electron chi connectivity index (χ0n) is 7.02. The van der Waals surface area contributed by atoms with Crippen molar-refractivity contribution >= 4 is 10.8 Å². The van der Waals surface area contributed by atoms with E-state index in [1.165, 1.54) is 18.4 Å². The molecule has 0 saturated heterocycles. The lowest BCUT2D eigenvalue weighted by atomic mass is 10.2. The molecule has 1 rings (SSSR count). The van der Waals surface area contributed by atoms with Crippen LogP contribution >= 0.6 is 0 Å². The predicted octanol–water partition coefficient (Wildman–Crippen LogP) is 0.327. The molecule has 5 heteroatoms. The first-order valence-electron chi connectivity index (χ1n) is 3.55. The van der Waals surface area contributed by atoms with Crippen LogP contribution in [0.2, 0.25) is 0 Å². The van der Waals surface area contributed by atoms with Gasteiger partial charge in [-0.2, -0.15) is 0 Å². The van der Waals surface area contributed by atoms with Crippen LogP contribution in [0.3, 0.4) is 0 Å². The lowest BCUT2D eigenvalue weighted by Crippen LogP contribution is -1.93. The third-order valence-corrected chi connectivity index (χ3v) is 2.55. The standard InChI is InChI=1S/C8H10O4S/c1-13(12)7-3-6(10)2-5(4-9)8(7)11/h2-3,9-11H,4H2,1H3. The maximum absolute atomic E-state index is 11.0. The Morgan fingerprint density at radius 3 is 2.46 bits per heavy atom. The minimum Gasteiger partial charge on any atom is -0.508 e. The molecule has 1 atom stereocenters. The van der Waals surface area contributed by atoms with Crippen LogP contribution in [0.25, 0.3) is 0 Å². The molecule has 3 N–H and O–H groups in total. The number of phenols is 2. The third-order valence-electron chi connectivity index (χ3n) is 1.62. The summed E-state index contributed by atoms with van der Waals surface area (Å²) in [6.07, 6.45) is 1.38. The highest BCUT2D eigenvalue weighted by molar-refractivity contribution is 7.84. The fraction of sp³-hybridized carbons (Fsp3) is 0.250. The largest absolute Gasteiger partial charge is 0.508 e. The fourth-order valence-electron chi connectivity index (χ4n) is 0.989. The van der Waals surface area contributed by atoms with Crippen molar-refractivity contribution in [2.45, 2.75) is 11.5 Å². The lowest BCUT2D eigenvalue weighted by Gasteiger charge is -2.06. The minimum atomic E-state index is -1.38. The second kappa shape index (κ2) is 3.76. The average Bonchev–Trinajstić information content (AvgIpc) is 2.08. The molecule has 0 radical (unpaired) electrons. The number of aliphatic hydroxyl groups excluding tert-OH is 1. The molecule has 0 saturated carbocycles. The first-order valence-corrected chi connectivity index (χ1v) is 5.11. The second-order valence-electron chi connectivity index (χ2n) is 2.56. The highest BCUT2D eigenvalue weighted by Crippen LogP contribution is 2.29. The molecule has 4 nitrogen and oxygen atoms in total. The summed E-state index contributed by atoms with van der Waals surface area (Å²) < 4.78 is 11.0. The van der Waals surface area contributed by atoms with E-state index in [0.29, 0.717) is 0 Å². The van der Waals surface area contributed by atoms with Gasteiger partial charge in [0, 0.05) is 11.8 Å². The van der Waals surface area contributed by atoms with E-state index in [9.17, 15) is 9.32 Å². The molecule has 13 heavy (non-hydrogen) atoms. The Bertz CT molecular complexity index is 348. The molecule has 0 aliphatic heterocycles. The van der Waals surface area contributed by atoms with E-state index < -0.39 is 17.4 Å². The topological polar surface area (TPSA) is 77.8 Å². The van der Waals surface area contributed by atoms with Crippen molar-refractivity contribution in [1.82, 2.24) is 0 Å². The fourth-order valence-corrected chi connectivity index (χ4v) is 1.68. The SMILES string of the molecule is CS(=O)c1cc(O)cc(CO)c1O. The van der Waals surface area contributed by atoms with Gasteiger partial charge in [0.05, 0.1) is 22.3 Å². The van der Waals surface area contributed by atoms with Gasteiger partial charge in [-0.25, -0.2) is 0 Å². The summed E-state index contributed by atoms with van der Waals surface area (Å²) >= 11 is 0. The quantitative estimate of drug-likeness (QED) is 0.604. The van der Waals surface area contributed by atoms with Gasteiger partial charge >= 0.3 is 0 Å². The van der Waals surface area contributed by atoms with Crippen molar-refractivity contribution in [3.63, 3.8) is 0 Å². The normalized spacial score (nSPS) is 12.8. The monoisotopic (exact) mass is 202 g/mol. The highest BCUT2D eigenvalue weighted by Gasteiger charge is 2.11. The molecule has 1 aromatic rings. The van der Waals surface area contributed by atoms with Gasteiger partial charge in [0.25, 0.3) is 0 Å². The van der Waals surface area contributed by atoms with Gasteiger partial charge in [-0.3, -0.25) is 4.21 Å². The van der Waals surface area contributed by atoms with E-state index in [4.69, 9.17) is 10.2 Å². The molecule has 0 spiro atoms. The first kappa shape index (κ1) is 10.0. The Morgan fingerprint density at radius 2 is 2.00 bits per heavy atom. The number of hydrogen-bond donors (Lipinski definition) is 3. The zero-order chi connectivity index (χ0) is 10.0. The summed E-state index contributed by atoms with van der Waals surface area (Å²) in [5, 5.41) is 27.3. The van der Waals surface area contributed by atoms with E-state index >= 15 is 0 Å². The van der Waals surface area contributed by atoms with Gasteiger partial charge < -0.3 is 15.3 Å². The van der Waals surface area contributed by atoms with Gasteiger partial charge in [0.1, 0.15) is 11.5 Å². The molecule has 0 bridgehead atoms. The summed E-state index contributed by atoms with van der Waals surface area (Å²) in [7, 11) is -1.38. The van der Waals surface area contributed by atoms with E-state index in [0.717, 1.165) is 0 Å². The molecule has 0 aliphatic carbocycles. The summed E-state index contributed by atoms with van der Waals surface area (Å²) in [5.74, 6) is -0.340.